The summed E-state index contributed by atoms with van der Waals surface area (Å²) in [6.07, 6.45) is 2.07. The lowest BCUT2D eigenvalue weighted by Crippen LogP contribution is -2.35. The molecule has 23 heavy (non-hydrogen) atoms. The number of carbonyl (C=O) groups excluding carboxylic acids is 1. The molecule has 4 nitrogen and oxygen atoms in total. The van der Waals surface area contributed by atoms with Crippen LogP contribution in [-0.4, -0.2) is 22.2 Å². The molecule has 1 aliphatic heterocycles. The number of benzene rings is 1. The molecule has 5 heteroatoms. The average Bonchev–Trinajstić information content (AvgIpc) is 3.09. The number of nitrogens with zero attached hydrogens (tertiary/aromatic N) is 3. The summed E-state index contributed by atoms with van der Waals surface area (Å²) in [5, 5.41) is 5.50. The van der Waals surface area contributed by atoms with Crippen LogP contribution in [0.5, 0.6) is 0 Å². The van der Waals surface area contributed by atoms with Crippen molar-refractivity contribution in [2.24, 2.45) is 7.05 Å². The van der Waals surface area contributed by atoms with E-state index in [4.69, 9.17) is 0 Å². The number of rotatable bonds is 1. The molecule has 0 saturated heterocycles. The van der Waals surface area contributed by atoms with Gasteiger partial charge in [-0.15, -0.1) is 11.3 Å². The van der Waals surface area contributed by atoms with Gasteiger partial charge in [-0.05, 0) is 43.9 Å². The smallest absolute Gasteiger partial charge is 0.268 e. The SMILES string of the molecule is Cc1cccc2c1N(C(=O)c1cc3c(C)nn(C)c3s1)CCC2. The third-order valence-corrected chi connectivity index (χ3v) is 5.76. The largest absolute Gasteiger partial charge is 0.307 e. The van der Waals surface area contributed by atoms with Gasteiger partial charge in [0.05, 0.1) is 16.3 Å². The van der Waals surface area contributed by atoms with Gasteiger partial charge in [0.25, 0.3) is 5.91 Å². The predicted molar refractivity (Wildman–Crippen MR) is 94.5 cm³/mol. The first-order chi connectivity index (χ1) is 11.1. The summed E-state index contributed by atoms with van der Waals surface area (Å²) in [5.41, 5.74) is 4.54. The molecule has 0 aliphatic carbocycles. The highest BCUT2D eigenvalue weighted by atomic mass is 32.1. The monoisotopic (exact) mass is 325 g/mol. The number of aromatic nitrogens is 2. The Hall–Kier alpha value is -2.14. The van der Waals surface area contributed by atoms with E-state index >= 15 is 0 Å². The number of para-hydroxylation sites is 1. The lowest BCUT2D eigenvalue weighted by molar-refractivity contribution is 0.0989. The van der Waals surface area contributed by atoms with E-state index in [-0.39, 0.29) is 5.91 Å². The first-order valence-electron chi connectivity index (χ1n) is 7.90. The number of carbonyl (C=O) groups is 1. The molecule has 1 aliphatic rings. The lowest BCUT2D eigenvalue weighted by Gasteiger charge is -2.30. The van der Waals surface area contributed by atoms with Gasteiger partial charge in [-0.25, -0.2) is 0 Å². The Labute approximate surface area is 139 Å². The van der Waals surface area contributed by atoms with Gasteiger partial charge in [0.15, 0.2) is 0 Å². The number of thiophene rings is 1. The van der Waals surface area contributed by atoms with Crippen molar-refractivity contribution in [3.8, 4) is 0 Å². The van der Waals surface area contributed by atoms with E-state index in [9.17, 15) is 4.79 Å². The third-order valence-electron chi connectivity index (χ3n) is 4.57. The first-order valence-corrected chi connectivity index (χ1v) is 8.71. The van der Waals surface area contributed by atoms with Crippen molar-refractivity contribution < 1.29 is 4.79 Å². The number of fused-ring (bicyclic) bond motifs is 2. The second-order valence-corrected chi connectivity index (χ2v) is 7.21. The molecular weight excluding hydrogens is 306 g/mol. The van der Waals surface area contributed by atoms with Crippen LogP contribution in [-0.2, 0) is 13.5 Å². The Balaban J connectivity index is 1.79. The summed E-state index contributed by atoms with van der Waals surface area (Å²) in [6.45, 7) is 4.87. The zero-order valence-corrected chi connectivity index (χ0v) is 14.4. The van der Waals surface area contributed by atoms with Crippen molar-refractivity contribution in [3.05, 3.63) is 46.0 Å². The van der Waals surface area contributed by atoms with Gasteiger partial charge in [-0.1, -0.05) is 18.2 Å². The minimum absolute atomic E-state index is 0.112. The number of hydrogen-bond acceptors (Lipinski definition) is 3. The van der Waals surface area contributed by atoms with Crippen LogP contribution >= 0.6 is 11.3 Å². The average molecular weight is 325 g/mol. The molecule has 0 atom stereocenters. The van der Waals surface area contributed by atoms with Crippen molar-refractivity contribution in [1.29, 1.82) is 0 Å². The van der Waals surface area contributed by atoms with Crippen LogP contribution < -0.4 is 4.90 Å². The third kappa shape index (κ3) is 2.18. The molecule has 3 aromatic rings. The first kappa shape index (κ1) is 14.5. The van der Waals surface area contributed by atoms with E-state index < -0.39 is 0 Å². The Morgan fingerprint density at radius 1 is 1.30 bits per heavy atom. The summed E-state index contributed by atoms with van der Waals surface area (Å²) in [7, 11) is 1.93. The van der Waals surface area contributed by atoms with Gasteiger partial charge in [-0.3, -0.25) is 9.48 Å². The quantitative estimate of drug-likeness (QED) is 0.682. The highest BCUT2D eigenvalue weighted by Crippen LogP contribution is 2.34. The molecule has 4 rings (SSSR count). The Morgan fingerprint density at radius 3 is 2.91 bits per heavy atom. The Morgan fingerprint density at radius 2 is 2.13 bits per heavy atom. The van der Waals surface area contributed by atoms with Crippen molar-refractivity contribution in [1.82, 2.24) is 9.78 Å². The lowest BCUT2D eigenvalue weighted by atomic mass is 9.98. The maximum atomic E-state index is 13.1. The molecule has 118 valence electrons. The maximum absolute atomic E-state index is 13.1. The predicted octanol–water partition coefficient (Wildman–Crippen LogP) is 3.84. The zero-order chi connectivity index (χ0) is 16.1. The summed E-state index contributed by atoms with van der Waals surface area (Å²) < 4.78 is 1.86. The van der Waals surface area contributed by atoms with Crippen LogP contribution in [0.1, 0.15) is 32.9 Å². The minimum atomic E-state index is 0.112. The van der Waals surface area contributed by atoms with Crippen LogP contribution in [0, 0.1) is 13.8 Å². The fourth-order valence-corrected chi connectivity index (χ4v) is 4.57. The van der Waals surface area contributed by atoms with Gasteiger partial charge in [0, 0.05) is 19.0 Å². The molecular formula is C18H19N3OS. The van der Waals surface area contributed by atoms with Crippen molar-refractivity contribution in [3.63, 3.8) is 0 Å². The summed E-state index contributed by atoms with van der Waals surface area (Å²) in [6, 6.07) is 8.30. The maximum Gasteiger partial charge on any atom is 0.268 e. The topological polar surface area (TPSA) is 38.1 Å². The van der Waals surface area contributed by atoms with Gasteiger partial charge >= 0.3 is 0 Å². The zero-order valence-electron chi connectivity index (χ0n) is 13.6. The number of anilines is 1. The van der Waals surface area contributed by atoms with E-state index in [1.807, 2.05) is 29.6 Å². The number of hydrogen-bond donors (Lipinski definition) is 0. The second-order valence-electron chi connectivity index (χ2n) is 6.18. The molecule has 0 unspecified atom stereocenters. The highest BCUT2D eigenvalue weighted by Gasteiger charge is 2.26. The second kappa shape index (κ2) is 5.20. The fourth-order valence-electron chi connectivity index (χ4n) is 3.49. The number of amides is 1. The van der Waals surface area contributed by atoms with Crippen LogP contribution in [0.15, 0.2) is 24.3 Å². The summed E-state index contributed by atoms with van der Waals surface area (Å²) >= 11 is 1.54. The van der Waals surface area contributed by atoms with Crippen LogP contribution in [0.25, 0.3) is 10.2 Å². The molecule has 0 spiro atoms. The molecule has 1 amide bonds. The van der Waals surface area contributed by atoms with E-state index in [0.717, 1.165) is 45.9 Å². The van der Waals surface area contributed by atoms with Crippen molar-refractivity contribution in [2.45, 2.75) is 26.7 Å². The summed E-state index contributed by atoms with van der Waals surface area (Å²) in [5.74, 6) is 0.112. The molecule has 3 heterocycles. The molecule has 0 bridgehead atoms. The molecule has 1 aromatic carbocycles. The molecule has 0 radical (unpaired) electrons. The normalized spacial score (nSPS) is 14.3. The standard InChI is InChI=1S/C18H19N3OS/c1-11-6-4-7-13-8-5-9-21(16(11)13)17(22)15-10-14-12(2)19-20(3)18(14)23-15/h4,6-7,10H,5,8-9H2,1-3H3. The van der Waals surface area contributed by atoms with Gasteiger partial charge in [0.2, 0.25) is 0 Å². The van der Waals surface area contributed by atoms with Crippen molar-refractivity contribution in [2.75, 3.05) is 11.4 Å². The van der Waals surface area contributed by atoms with E-state index in [0.29, 0.717) is 0 Å². The Bertz CT molecular complexity index is 887. The van der Waals surface area contributed by atoms with Crippen LogP contribution in [0.2, 0.25) is 0 Å². The molecule has 0 N–H and O–H groups in total. The van der Waals surface area contributed by atoms with E-state index in [1.165, 1.54) is 22.5 Å². The van der Waals surface area contributed by atoms with Gasteiger partial charge in [-0.2, -0.15) is 5.10 Å². The molecule has 0 fully saturated rings. The van der Waals surface area contributed by atoms with Gasteiger partial charge < -0.3 is 4.90 Å². The molecule has 0 saturated carbocycles. The highest BCUT2D eigenvalue weighted by molar-refractivity contribution is 7.20. The fraction of sp³-hybridized carbons (Fsp3) is 0.333. The van der Waals surface area contributed by atoms with E-state index in [1.54, 1.807) is 0 Å². The Kier molecular flexibility index (Phi) is 3.27. The van der Waals surface area contributed by atoms with Crippen molar-refractivity contribution >= 4 is 33.1 Å². The van der Waals surface area contributed by atoms with Crippen LogP contribution in [0.4, 0.5) is 5.69 Å². The number of aryl methyl sites for hydroxylation is 4. The minimum Gasteiger partial charge on any atom is -0.307 e. The molecule has 2 aromatic heterocycles. The van der Waals surface area contributed by atoms with Gasteiger partial charge in [0.1, 0.15) is 4.83 Å². The summed E-state index contributed by atoms with van der Waals surface area (Å²) in [4.78, 5) is 16.9. The van der Waals surface area contributed by atoms with E-state index in [2.05, 4.69) is 30.2 Å². The van der Waals surface area contributed by atoms with Crippen LogP contribution in [0.3, 0.4) is 0 Å².